The highest BCUT2D eigenvalue weighted by molar-refractivity contribution is 5.57. The number of benzene rings is 1. The molecule has 2 unspecified atom stereocenters. The molecule has 0 spiro atoms. The SMILES string of the molecule is CCC1CNC(C)(CC)CN1c1cccc(C)c1C. The second-order valence-corrected chi connectivity index (χ2v) is 6.20. The van der Waals surface area contributed by atoms with Gasteiger partial charge in [-0.3, -0.25) is 0 Å². The standard InChI is InChI=1S/C17H28N2/c1-6-15-11-18-17(5,7-2)12-19(15)16-10-8-9-13(3)14(16)4/h8-10,15,18H,6-7,11-12H2,1-5H3. The Balaban J connectivity index is 2.35. The molecule has 0 aromatic heterocycles. The van der Waals surface area contributed by atoms with Crippen molar-refractivity contribution in [3.05, 3.63) is 29.3 Å². The maximum atomic E-state index is 3.74. The minimum absolute atomic E-state index is 0.238. The molecule has 1 aliphatic heterocycles. The number of nitrogens with one attached hydrogen (secondary N) is 1. The number of aryl methyl sites for hydroxylation is 1. The quantitative estimate of drug-likeness (QED) is 0.892. The lowest BCUT2D eigenvalue weighted by molar-refractivity contribution is 0.276. The third-order valence-corrected chi connectivity index (χ3v) is 4.86. The molecule has 0 radical (unpaired) electrons. The fraction of sp³-hybridized carbons (Fsp3) is 0.647. The molecule has 1 heterocycles. The van der Waals surface area contributed by atoms with E-state index in [2.05, 4.69) is 63.0 Å². The lowest BCUT2D eigenvalue weighted by Crippen LogP contribution is -2.63. The zero-order chi connectivity index (χ0) is 14.0. The Kier molecular flexibility index (Phi) is 4.19. The molecule has 1 fully saturated rings. The van der Waals surface area contributed by atoms with E-state index in [0.717, 1.165) is 13.1 Å². The van der Waals surface area contributed by atoms with Gasteiger partial charge in [-0.2, -0.15) is 0 Å². The van der Waals surface area contributed by atoms with Gasteiger partial charge in [0.25, 0.3) is 0 Å². The summed E-state index contributed by atoms with van der Waals surface area (Å²) < 4.78 is 0. The van der Waals surface area contributed by atoms with E-state index in [0.29, 0.717) is 6.04 Å². The first kappa shape index (κ1) is 14.4. The first-order chi connectivity index (χ1) is 9.00. The van der Waals surface area contributed by atoms with E-state index in [9.17, 15) is 0 Å². The monoisotopic (exact) mass is 260 g/mol. The summed E-state index contributed by atoms with van der Waals surface area (Å²) in [5, 5.41) is 3.74. The maximum absolute atomic E-state index is 3.74. The maximum Gasteiger partial charge on any atom is 0.0413 e. The number of piperazine rings is 1. The van der Waals surface area contributed by atoms with Gasteiger partial charge in [0, 0.05) is 30.4 Å². The minimum atomic E-state index is 0.238. The first-order valence-electron chi connectivity index (χ1n) is 7.58. The molecule has 1 N–H and O–H groups in total. The van der Waals surface area contributed by atoms with Crippen LogP contribution in [0.2, 0.25) is 0 Å². The Morgan fingerprint density at radius 2 is 2.05 bits per heavy atom. The molecule has 0 bridgehead atoms. The zero-order valence-electron chi connectivity index (χ0n) is 13.1. The van der Waals surface area contributed by atoms with Crippen LogP contribution in [-0.2, 0) is 0 Å². The van der Waals surface area contributed by atoms with E-state index >= 15 is 0 Å². The third-order valence-electron chi connectivity index (χ3n) is 4.86. The molecule has 106 valence electrons. The van der Waals surface area contributed by atoms with Crippen molar-refractivity contribution >= 4 is 5.69 Å². The Hall–Kier alpha value is -1.02. The van der Waals surface area contributed by atoms with Crippen molar-refractivity contribution in [2.75, 3.05) is 18.0 Å². The molecular weight excluding hydrogens is 232 g/mol. The molecule has 1 aromatic carbocycles. The predicted octanol–water partition coefficient (Wildman–Crippen LogP) is 3.66. The van der Waals surface area contributed by atoms with Gasteiger partial charge in [-0.25, -0.2) is 0 Å². The highest BCUT2D eigenvalue weighted by atomic mass is 15.3. The van der Waals surface area contributed by atoms with E-state index in [1.54, 1.807) is 0 Å². The largest absolute Gasteiger partial charge is 0.365 e. The van der Waals surface area contributed by atoms with Crippen LogP contribution in [-0.4, -0.2) is 24.7 Å². The first-order valence-corrected chi connectivity index (χ1v) is 7.58. The van der Waals surface area contributed by atoms with E-state index in [-0.39, 0.29) is 5.54 Å². The number of nitrogens with zero attached hydrogens (tertiary/aromatic N) is 1. The van der Waals surface area contributed by atoms with Crippen LogP contribution >= 0.6 is 0 Å². The summed E-state index contributed by atoms with van der Waals surface area (Å²) in [5.74, 6) is 0. The highest BCUT2D eigenvalue weighted by Crippen LogP contribution is 2.30. The Bertz CT molecular complexity index is 441. The van der Waals surface area contributed by atoms with Gasteiger partial charge < -0.3 is 10.2 Å². The summed E-state index contributed by atoms with van der Waals surface area (Å²) >= 11 is 0. The second-order valence-electron chi connectivity index (χ2n) is 6.20. The van der Waals surface area contributed by atoms with Gasteiger partial charge in [0.15, 0.2) is 0 Å². The van der Waals surface area contributed by atoms with Crippen LogP contribution in [0.15, 0.2) is 18.2 Å². The average molecular weight is 260 g/mol. The lowest BCUT2D eigenvalue weighted by atomic mass is 9.91. The minimum Gasteiger partial charge on any atom is -0.365 e. The molecule has 0 amide bonds. The smallest absolute Gasteiger partial charge is 0.0413 e. The number of hydrogen-bond donors (Lipinski definition) is 1. The topological polar surface area (TPSA) is 15.3 Å². The summed E-state index contributed by atoms with van der Waals surface area (Å²) in [4.78, 5) is 2.63. The van der Waals surface area contributed by atoms with Crippen molar-refractivity contribution in [1.82, 2.24) is 5.32 Å². The number of anilines is 1. The van der Waals surface area contributed by atoms with Crippen molar-refractivity contribution in [1.29, 1.82) is 0 Å². The molecule has 19 heavy (non-hydrogen) atoms. The van der Waals surface area contributed by atoms with Gasteiger partial charge >= 0.3 is 0 Å². The molecule has 2 nitrogen and oxygen atoms in total. The zero-order valence-corrected chi connectivity index (χ0v) is 13.1. The third kappa shape index (κ3) is 2.79. The van der Waals surface area contributed by atoms with Crippen LogP contribution in [0.5, 0.6) is 0 Å². The molecule has 1 saturated heterocycles. The van der Waals surface area contributed by atoms with E-state index < -0.39 is 0 Å². The van der Waals surface area contributed by atoms with Crippen LogP contribution in [0, 0.1) is 13.8 Å². The Morgan fingerprint density at radius 3 is 2.68 bits per heavy atom. The normalized spacial score (nSPS) is 27.6. The van der Waals surface area contributed by atoms with Gasteiger partial charge in [0.2, 0.25) is 0 Å². The predicted molar refractivity (Wildman–Crippen MR) is 84.0 cm³/mol. The summed E-state index contributed by atoms with van der Waals surface area (Å²) in [6.07, 6.45) is 2.37. The molecule has 1 aromatic rings. The van der Waals surface area contributed by atoms with Crippen molar-refractivity contribution < 1.29 is 0 Å². The molecule has 2 atom stereocenters. The summed E-state index contributed by atoms with van der Waals surface area (Å²) in [5.41, 5.74) is 4.49. The number of rotatable bonds is 3. The van der Waals surface area contributed by atoms with Crippen LogP contribution < -0.4 is 10.2 Å². The van der Waals surface area contributed by atoms with Crippen molar-refractivity contribution in [2.24, 2.45) is 0 Å². The van der Waals surface area contributed by atoms with E-state index in [1.165, 1.54) is 29.7 Å². The molecule has 2 heteroatoms. The molecule has 0 saturated carbocycles. The second kappa shape index (κ2) is 5.54. The Morgan fingerprint density at radius 1 is 1.32 bits per heavy atom. The summed E-state index contributed by atoms with van der Waals surface area (Å²) in [6, 6.07) is 7.29. The van der Waals surface area contributed by atoms with Gasteiger partial charge in [0.05, 0.1) is 0 Å². The lowest BCUT2D eigenvalue weighted by Gasteiger charge is -2.47. The van der Waals surface area contributed by atoms with Crippen LogP contribution in [0.1, 0.15) is 44.7 Å². The van der Waals surface area contributed by atoms with Gasteiger partial charge in [-0.15, -0.1) is 0 Å². The molecule has 1 aliphatic rings. The summed E-state index contributed by atoms with van der Waals surface area (Å²) in [7, 11) is 0. The van der Waals surface area contributed by atoms with Crippen molar-refractivity contribution in [3.8, 4) is 0 Å². The fourth-order valence-corrected chi connectivity index (χ4v) is 2.97. The molecule has 2 rings (SSSR count). The van der Waals surface area contributed by atoms with Crippen LogP contribution in [0.3, 0.4) is 0 Å². The van der Waals surface area contributed by atoms with E-state index in [4.69, 9.17) is 0 Å². The molecule has 0 aliphatic carbocycles. The van der Waals surface area contributed by atoms with Crippen LogP contribution in [0.4, 0.5) is 5.69 Å². The van der Waals surface area contributed by atoms with Gasteiger partial charge in [-0.1, -0.05) is 26.0 Å². The van der Waals surface area contributed by atoms with Gasteiger partial charge in [-0.05, 0) is 50.8 Å². The average Bonchev–Trinajstić information content (AvgIpc) is 2.42. The number of hydrogen-bond acceptors (Lipinski definition) is 2. The summed E-state index contributed by atoms with van der Waals surface area (Å²) in [6.45, 7) is 13.6. The van der Waals surface area contributed by atoms with Crippen molar-refractivity contribution in [3.63, 3.8) is 0 Å². The highest BCUT2D eigenvalue weighted by Gasteiger charge is 2.34. The van der Waals surface area contributed by atoms with Crippen LogP contribution in [0.25, 0.3) is 0 Å². The Labute approximate surface area is 118 Å². The van der Waals surface area contributed by atoms with E-state index in [1.807, 2.05) is 0 Å². The van der Waals surface area contributed by atoms with Crippen molar-refractivity contribution in [2.45, 2.75) is 59.0 Å². The van der Waals surface area contributed by atoms with Gasteiger partial charge in [0.1, 0.15) is 0 Å². The fourth-order valence-electron chi connectivity index (χ4n) is 2.97. The molecular formula is C17H28N2.